The molecule has 0 unspecified atom stereocenters. The van der Waals surface area contributed by atoms with Crippen molar-refractivity contribution < 1.29 is 0 Å². The van der Waals surface area contributed by atoms with Crippen LogP contribution in [0.3, 0.4) is 0 Å². The molecule has 0 aliphatic carbocycles. The largest absolute Gasteiger partial charge is 0.309 e. The fraction of sp³-hybridized carbons (Fsp3) is 0. The summed E-state index contributed by atoms with van der Waals surface area (Å²) in [5.74, 6) is 1.44. The first-order valence-corrected chi connectivity index (χ1v) is 29.8. The van der Waals surface area contributed by atoms with Crippen molar-refractivity contribution in [2.75, 3.05) is 9.80 Å². The summed E-state index contributed by atoms with van der Waals surface area (Å²) in [6.45, 7) is 0. The van der Waals surface area contributed by atoms with Crippen LogP contribution < -0.4 is 9.80 Å². The Kier molecular flexibility index (Phi) is 13.1. The number of hydrogen-bond donors (Lipinski definition) is 0. The first kappa shape index (κ1) is 51.7. The van der Waals surface area contributed by atoms with E-state index in [0.717, 1.165) is 95.2 Å². The van der Waals surface area contributed by atoms with Crippen molar-refractivity contribution in [1.82, 2.24) is 24.1 Å². The van der Waals surface area contributed by atoms with Crippen LogP contribution in [-0.4, -0.2) is 24.1 Å². The third-order valence-corrected chi connectivity index (χ3v) is 16.8. The predicted octanol–water partition coefficient (Wildman–Crippen LogP) is 21.3. The fourth-order valence-electron chi connectivity index (χ4n) is 12.7. The van der Waals surface area contributed by atoms with Gasteiger partial charge in [-0.3, -0.25) is 9.80 Å². The molecule has 0 saturated carbocycles. The van der Waals surface area contributed by atoms with Crippen molar-refractivity contribution in [1.29, 1.82) is 0 Å². The van der Waals surface area contributed by atoms with Gasteiger partial charge in [-0.2, -0.15) is 15.0 Å². The Bertz CT molecular complexity index is 4900. The molecule has 7 heteroatoms. The van der Waals surface area contributed by atoms with Gasteiger partial charge < -0.3 is 9.13 Å². The van der Waals surface area contributed by atoms with Gasteiger partial charge in [0.15, 0.2) is 5.82 Å². The monoisotopic (exact) mass is 1130 g/mol. The Morgan fingerprint density at radius 3 is 1.03 bits per heavy atom. The first-order valence-electron chi connectivity index (χ1n) is 29.8. The zero-order chi connectivity index (χ0) is 58.3. The first-order chi connectivity index (χ1) is 43.7. The number of hydrogen-bond acceptors (Lipinski definition) is 5. The van der Waals surface area contributed by atoms with E-state index in [1.165, 1.54) is 32.6 Å². The Morgan fingerprint density at radius 1 is 0.227 bits per heavy atom. The van der Waals surface area contributed by atoms with E-state index in [2.05, 4.69) is 340 Å². The molecule has 0 atom stereocenters. The molecule has 3 heterocycles. The number of benzene rings is 13. The summed E-state index contributed by atoms with van der Waals surface area (Å²) in [6.07, 6.45) is 0. The lowest BCUT2D eigenvalue weighted by Gasteiger charge is -2.28. The van der Waals surface area contributed by atoms with Crippen LogP contribution >= 0.6 is 0 Å². The van der Waals surface area contributed by atoms with E-state index >= 15 is 0 Å². The highest BCUT2D eigenvalue weighted by Gasteiger charge is 2.26. The van der Waals surface area contributed by atoms with Gasteiger partial charge in [0, 0.05) is 66.8 Å². The van der Waals surface area contributed by atoms with Gasteiger partial charge in [-0.05, 0) is 148 Å². The normalized spacial score (nSPS) is 11.4. The van der Waals surface area contributed by atoms with Gasteiger partial charge in [0.2, 0.25) is 11.9 Å². The van der Waals surface area contributed by atoms with Crippen molar-refractivity contribution >= 4 is 78.3 Å². The van der Waals surface area contributed by atoms with Crippen LogP contribution in [0.1, 0.15) is 0 Å². The van der Waals surface area contributed by atoms with Crippen molar-refractivity contribution in [2.45, 2.75) is 0 Å². The average molecular weight is 1130 g/mol. The lowest BCUT2D eigenvalue weighted by Crippen LogP contribution is -2.19. The molecular weight excluding hydrogens is 1070 g/mol. The summed E-state index contributed by atoms with van der Waals surface area (Å²) in [7, 11) is 0. The van der Waals surface area contributed by atoms with Gasteiger partial charge in [-0.25, -0.2) is 0 Å². The number of para-hydroxylation sites is 6. The molecule has 414 valence electrons. The predicted molar refractivity (Wildman–Crippen MR) is 365 cm³/mol. The maximum absolute atomic E-state index is 5.62. The summed E-state index contributed by atoms with van der Waals surface area (Å²) in [5, 5.41) is 4.82. The van der Waals surface area contributed by atoms with E-state index in [4.69, 9.17) is 15.0 Å². The number of fused-ring (bicyclic) bond motifs is 6. The highest BCUT2D eigenvalue weighted by Crippen LogP contribution is 2.44. The molecule has 0 radical (unpaired) electrons. The van der Waals surface area contributed by atoms with Gasteiger partial charge in [0.25, 0.3) is 0 Å². The zero-order valence-electron chi connectivity index (χ0n) is 47.9. The van der Waals surface area contributed by atoms with Crippen LogP contribution in [0.25, 0.3) is 111 Å². The van der Waals surface area contributed by atoms with Crippen LogP contribution in [0.5, 0.6) is 0 Å². The van der Waals surface area contributed by atoms with Crippen molar-refractivity contribution in [3.8, 4) is 67.3 Å². The molecule has 16 rings (SSSR count). The summed E-state index contributed by atoms with van der Waals surface area (Å²) >= 11 is 0. The second-order valence-corrected chi connectivity index (χ2v) is 22.0. The van der Waals surface area contributed by atoms with E-state index in [-0.39, 0.29) is 0 Å². The highest BCUT2D eigenvalue weighted by molar-refractivity contribution is 6.12. The van der Waals surface area contributed by atoms with Crippen LogP contribution in [0.15, 0.2) is 334 Å². The highest BCUT2D eigenvalue weighted by atomic mass is 15.3. The Balaban J connectivity index is 0.861. The number of nitrogens with zero attached hydrogens (tertiary/aromatic N) is 7. The van der Waals surface area contributed by atoms with E-state index in [9.17, 15) is 0 Å². The Hall–Kier alpha value is -11.9. The van der Waals surface area contributed by atoms with E-state index in [0.29, 0.717) is 17.7 Å². The van der Waals surface area contributed by atoms with Crippen LogP contribution in [-0.2, 0) is 0 Å². The molecule has 0 saturated heterocycles. The topological polar surface area (TPSA) is 55.0 Å². The lowest BCUT2D eigenvalue weighted by atomic mass is 9.90. The van der Waals surface area contributed by atoms with Crippen molar-refractivity contribution in [2.24, 2.45) is 0 Å². The molecule has 0 aliphatic heterocycles. The minimum Gasteiger partial charge on any atom is -0.309 e. The molecule has 0 fully saturated rings. The molecule has 0 amide bonds. The second-order valence-electron chi connectivity index (χ2n) is 22.0. The summed E-state index contributed by atoms with van der Waals surface area (Å²) in [4.78, 5) is 21.1. The van der Waals surface area contributed by atoms with Gasteiger partial charge >= 0.3 is 0 Å². The lowest BCUT2D eigenvalue weighted by molar-refractivity contribution is 0.989. The number of anilines is 6. The maximum atomic E-state index is 5.62. The second kappa shape index (κ2) is 22.2. The molecule has 16 aromatic rings. The molecule has 13 aromatic carbocycles. The Labute approximate surface area is 510 Å². The standard InChI is InChI=1S/C81H55N7/c1-7-24-58(25-8-1)68-38-23-39-71(78(68)59-26-9-2-10-27-59)79-82-80(85(62-28-11-3-12-29-62)66-48-42-56(43-49-66)60-46-52-76-72(54-60)69-36-19-21-40-74(69)87(76)64-32-15-5-16-33-64)84-81(83-79)86(63-30-13-4-14-31-63)67-50-44-57(45-51-67)61-47-53-77-73(55-61)70-37-20-22-41-75(70)88(77)65-34-17-6-18-35-65/h1-55H. The molecule has 0 N–H and O–H groups in total. The van der Waals surface area contributed by atoms with E-state index in [1.807, 2.05) is 12.1 Å². The molecule has 0 aliphatic rings. The molecule has 3 aromatic heterocycles. The summed E-state index contributed by atoms with van der Waals surface area (Å²) < 4.78 is 4.71. The fourth-order valence-corrected chi connectivity index (χ4v) is 12.7. The van der Waals surface area contributed by atoms with Gasteiger partial charge in [0.05, 0.1) is 22.1 Å². The van der Waals surface area contributed by atoms with Crippen LogP contribution in [0, 0.1) is 0 Å². The van der Waals surface area contributed by atoms with E-state index < -0.39 is 0 Å². The maximum Gasteiger partial charge on any atom is 0.240 e. The Morgan fingerprint density at radius 2 is 0.580 bits per heavy atom. The minimum atomic E-state index is 0.457. The molecule has 0 bridgehead atoms. The van der Waals surface area contributed by atoms with E-state index in [1.54, 1.807) is 0 Å². The smallest absolute Gasteiger partial charge is 0.240 e. The van der Waals surface area contributed by atoms with Gasteiger partial charge in [-0.15, -0.1) is 0 Å². The minimum absolute atomic E-state index is 0.457. The zero-order valence-corrected chi connectivity index (χ0v) is 47.9. The summed E-state index contributed by atoms with van der Waals surface area (Å²) in [6, 6.07) is 118. The molecule has 0 spiro atoms. The third-order valence-electron chi connectivity index (χ3n) is 16.8. The average Bonchev–Trinajstić information content (AvgIpc) is 1.69. The van der Waals surface area contributed by atoms with Crippen molar-refractivity contribution in [3.63, 3.8) is 0 Å². The molecular formula is C81H55N7. The van der Waals surface area contributed by atoms with Crippen LogP contribution in [0.4, 0.5) is 34.6 Å². The SMILES string of the molecule is c1ccc(-c2cccc(-c3nc(N(c4ccccc4)c4ccc(-c5ccc6c(c5)c5ccccc5n6-c5ccccc5)cc4)nc(N(c4ccccc4)c4ccc(-c5ccc6c(c5)c5ccccc5n6-c5ccccc5)cc4)n3)c2-c2ccccc2)cc1. The molecule has 7 nitrogen and oxygen atoms in total. The third kappa shape index (κ3) is 9.31. The molecule has 88 heavy (non-hydrogen) atoms. The van der Waals surface area contributed by atoms with Crippen molar-refractivity contribution in [3.05, 3.63) is 334 Å². The summed E-state index contributed by atoms with van der Waals surface area (Å²) in [5.41, 5.74) is 20.1. The number of aromatic nitrogens is 5. The van der Waals surface area contributed by atoms with Gasteiger partial charge in [-0.1, -0.05) is 224 Å². The number of rotatable bonds is 13. The van der Waals surface area contributed by atoms with Crippen LogP contribution in [0.2, 0.25) is 0 Å². The van der Waals surface area contributed by atoms with Gasteiger partial charge in [0.1, 0.15) is 0 Å². The quantitative estimate of drug-likeness (QED) is 0.115.